The number of benzene rings is 1. The maximum Gasteiger partial charge on any atom is 0.170 e. The maximum absolute atomic E-state index is 5.21. The molecule has 0 atom stereocenters. The smallest absolute Gasteiger partial charge is 0.170 e. The lowest BCUT2D eigenvalue weighted by atomic mass is 10.3. The lowest BCUT2D eigenvalue weighted by molar-refractivity contribution is 0.855. The second-order valence-corrected chi connectivity index (χ2v) is 5.73. The van der Waals surface area contributed by atoms with E-state index in [4.69, 9.17) is 12.2 Å². The Kier molecular flexibility index (Phi) is 7.48. The normalized spacial score (nSPS) is 10.0. The highest BCUT2D eigenvalue weighted by molar-refractivity contribution is 7.98. The SMILES string of the molecule is CSCCCNC(=S)Nc1ccc(SC)cc1. The third-order valence-corrected chi connectivity index (χ3v) is 3.85. The Labute approximate surface area is 117 Å². The lowest BCUT2D eigenvalue weighted by Gasteiger charge is -2.10. The summed E-state index contributed by atoms with van der Waals surface area (Å²) in [6.07, 6.45) is 5.32. The molecule has 1 rings (SSSR count). The van der Waals surface area contributed by atoms with Crippen molar-refractivity contribution in [1.29, 1.82) is 0 Å². The van der Waals surface area contributed by atoms with Crippen LogP contribution in [-0.2, 0) is 0 Å². The zero-order valence-corrected chi connectivity index (χ0v) is 12.6. The van der Waals surface area contributed by atoms with E-state index in [2.05, 4.69) is 35.3 Å². The fourth-order valence-corrected chi connectivity index (χ4v) is 2.33. The molecule has 1 aromatic carbocycles. The van der Waals surface area contributed by atoms with Gasteiger partial charge >= 0.3 is 0 Å². The molecule has 5 heteroatoms. The third-order valence-electron chi connectivity index (χ3n) is 2.16. The first-order valence-electron chi connectivity index (χ1n) is 5.44. The van der Waals surface area contributed by atoms with Crippen molar-refractivity contribution in [3.8, 4) is 0 Å². The molecule has 1 aromatic rings. The van der Waals surface area contributed by atoms with Gasteiger partial charge in [-0.15, -0.1) is 11.8 Å². The summed E-state index contributed by atoms with van der Waals surface area (Å²) in [5, 5.41) is 7.07. The van der Waals surface area contributed by atoms with Crippen molar-refractivity contribution < 1.29 is 0 Å². The minimum atomic E-state index is 0.697. The minimum Gasteiger partial charge on any atom is -0.362 e. The molecular weight excluding hydrogens is 268 g/mol. The highest BCUT2D eigenvalue weighted by Crippen LogP contribution is 2.17. The summed E-state index contributed by atoms with van der Waals surface area (Å²) in [5.74, 6) is 1.16. The van der Waals surface area contributed by atoms with Crippen LogP contribution in [0.5, 0.6) is 0 Å². The van der Waals surface area contributed by atoms with Gasteiger partial charge < -0.3 is 10.6 Å². The van der Waals surface area contributed by atoms with E-state index in [1.54, 1.807) is 11.8 Å². The van der Waals surface area contributed by atoms with Gasteiger partial charge in [0.1, 0.15) is 0 Å². The highest BCUT2D eigenvalue weighted by atomic mass is 32.2. The van der Waals surface area contributed by atoms with Gasteiger partial charge in [-0.2, -0.15) is 11.8 Å². The Morgan fingerprint density at radius 2 is 1.94 bits per heavy atom. The molecule has 0 saturated carbocycles. The maximum atomic E-state index is 5.21. The Morgan fingerprint density at radius 3 is 2.53 bits per heavy atom. The Morgan fingerprint density at radius 1 is 1.24 bits per heavy atom. The van der Waals surface area contributed by atoms with E-state index < -0.39 is 0 Å². The third kappa shape index (κ3) is 6.19. The summed E-state index contributed by atoms with van der Waals surface area (Å²) in [4.78, 5) is 1.26. The Balaban J connectivity index is 2.29. The molecule has 0 aliphatic carbocycles. The predicted octanol–water partition coefficient (Wildman–Crippen LogP) is 3.45. The molecule has 0 unspecified atom stereocenters. The van der Waals surface area contributed by atoms with Crippen LogP contribution in [0.2, 0.25) is 0 Å². The van der Waals surface area contributed by atoms with E-state index in [1.807, 2.05) is 23.9 Å². The van der Waals surface area contributed by atoms with E-state index in [-0.39, 0.29) is 0 Å². The fraction of sp³-hybridized carbons (Fsp3) is 0.417. The number of thioether (sulfide) groups is 2. The van der Waals surface area contributed by atoms with Crippen molar-refractivity contribution in [3.05, 3.63) is 24.3 Å². The molecular formula is C12H18N2S3. The second kappa shape index (κ2) is 8.66. The van der Waals surface area contributed by atoms with Crippen LogP contribution in [0.25, 0.3) is 0 Å². The van der Waals surface area contributed by atoms with Crippen molar-refractivity contribution in [1.82, 2.24) is 5.32 Å². The van der Waals surface area contributed by atoms with Crippen molar-refractivity contribution in [2.24, 2.45) is 0 Å². The monoisotopic (exact) mass is 286 g/mol. The molecule has 0 aliphatic rings. The van der Waals surface area contributed by atoms with Crippen LogP contribution in [0.4, 0.5) is 5.69 Å². The van der Waals surface area contributed by atoms with Crippen LogP contribution in [0, 0.1) is 0 Å². The highest BCUT2D eigenvalue weighted by Gasteiger charge is 1.97. The first kappa shape index (κ1) is 14.7. The van der Waals surface area contributed by atoms with E-state index in [0.29, 0.717) is 5.11 Å². The molecule has 0 amide bonds. The number of hydrogen-bond donors (Lipinski definition) is 2. The standard InChI is InChI=1S/C12H18N2S3/c1-16-9-3-8-13-12(15)14-10-4-6-11(17-2)7-5-10/h4-7H,3,8-9H2,1-2H3,(H2,13,14,15). The topological polar surface area (TPSA) is 24.1 Å². The number of thiocarbonyl (C=S) groups is 1. The molecule has 2 N–H and O–H groups in total. The average molecular weight is 286 g/mol. The van der Waals surface area contributed by atoms with Crippen molar-refractivity contribution >= 4 is 46.5 Å². The minimum absolute atomic E-state index is 0.697. The molecule has 0 fully saturated rings. The van der Waals surface area contributed by atoms with Gasteiger partial charge in [0.15, 0.2) is 5.11 Å². The predicted molar refractivity (Wildman–Crippen MR) is 85.4 cm³/mol. The fourth-order valence-electron chi connectivity index (χ4n) is 1.27. The van der Waals surface area contributed by atoms with E-state index in [1.165, 1.54) is 4.90 Å². The quantitative estimate of drug-likeness (QED) is 0.474. The van der Waals surface area contributed by atoms with E-state index >= 15 is 0 Å². The molecule has 0 aliphatic heterocycles. The number of hydrogen-bond acceptors (Lipinski definition) is 3. The van der Waals surface area contributed by atoms with E-state index in [9.17, 15) is 0 Å². The zero-order valence-electron chi connectivity index (χ0n) is 10.2. The van der Waals surface area contributed by atoms with Crippen LogP contribution in [0.15, 0.2) is 29.2 Å². The largest absolute Gasteiger partial charge is 0.362 e. The van der Waals surface area contributed by atoms with Crippen LogP contribution in [0.1, 0.15) is 6.42 Å². The molecule has 94 valence electrons. The summed E-state index contributed by atoms with van der Waals surface area (Å²) < 4.78 is 0. The average Bonchev–Trinajstić information content (AvgIpc) is 2.36. The number of nitrogens with one attached hydrogen (secondary N) is 2. The van der Waals surface area contributed by atoms with Crippen LogP contribution < -0.4 is 10.6 Å². The van der Waals surface area contributed by atoms with E-state index in [0.717, 1.165) is 24.4 Å². The molecule has 17 heavy (non-hydrogen) atoms. The zero-order chi connectivity index (χ0) is 12.5. The van der Waals surface area contributed by atoms with Crippen molar-refractivity contribution in [2.45, 2.75) is 11.3 Å². The van der Waals surface area contributed by atoms with Crippen LogP contribution >= 0.6 is 35.7 Å². The molecule has 0 spiro atoms. The lowest BCUT2D eigenvalue weighted by Crippen LogP contribution is -2.29. The molecule has 0 bridgehead atoms. The Bertz CT molecular complexity index is 338. The van der Waals surface area contributed by atoms with Gasteiger partial charge in [0, 0.05) is 17.1 Å². The van der Waals surface area contributed by atoms with Gasteiger partial charge in [0.2, 0.25) is 0 Å². The molecule has 0 radical (unpaired) electrons. The molecule has 0 aromatic heterocycles. The van der Waals surface area contributed by atoms with Gasteiger partial charge in [-0.3, -0.25) is 0 Å². The van der Waals surface area contributed by atoms with Crippen LogP contribution in [0.3, 0.4) is 0 Å². The van der Waals surface area contributed by atoms with Gasteiger partial charge in [-0.05, 0) is 61.2 Å². The summed E-state index contributed by atoms with van der Waals surface area (Å²) in [5.41, 5.74) is 1.03. The number of anilines is 1. The Hall–Kier alpha value is -0.390. The first-order chi connectivity index (χ1) is 8.26. The van der Waals surface area contributed by atoms with Crippen molar-refractivity contribution in [3.63, 3.8) is 0 Å². The van der Waals surface area contributed by atoms with Gasteiger partial charge in [0.25, 0.3) is 0 Å². The van der Waals surface area contributed by atoms with Crippen LogP contribution in [-0.4, -0.2) is 29.9 Å². The van der Waals surface area contributed by atoms with Gasteiger partial charge in [-0.25, -0.2) is 0 Å². The molecule has 0 saturated heterocycles. The second-order valence-electron chi connectivity index (χ2n) is 3.46. The molecule has 0 heterocycles. The summed E-state index contributed by atoms with van der Waals surface area (Å²) in [6.45, 7) is 0.926. The molecule has 2 nitrogen and oxygen atoms in total. The van der Waals surface area contributed by atoms with Crippen molar-refractivity contribution in [2.75, 3.05) is 30.1 Å². The first-order valence-corrected chi connectivity index (χ1v) is 8.47. The summed E-state index contributed by atoms with van der Waals surface area (Å²) in [6, 6.07) is 8.26. The summed E-state index contributed by atoms with van der Waals surface area (Å²) in [7, 11) is 0. The number of rotatable bonds is 6. The van der Waals surface area contributed by atoms with Gasteiger partial charge in [-0.1, -0.05) is 0 Å². The van der Waals surface area contributed by atoms with Gasteiger partial charge in [0.05, 0.1) is 0 Å². The summed E-state index contributed by atoms with van der Waals surface area (Å²) >= 11 is 8.81.